The third-order valence-electron chi connectivity index (χ3n) is 3.12. The average molecular weight is 353 g/mol. The summed E-state index contributed by atoms with van der Waals surface area (Å²) in [6.07, 6.45) is 3.62. The molecule has 104 valence electrons. The summed E-state index contributed by atoms with van der Waals surface area (Å²) in [6, 6.07) is 0. The Labute approximate surface area is 128 Å². The van der Waals surface area contributed by atoms with Crippen molar-refractivity contribution in [3.8, 4) is 0 Å². The van der Waals surface area contributed by atoms with E-state index in [4.69, 9.17) is 5.84 Å². The number of halogens is 1. The van der Waals surface area contributed by atoms with Gasteiger partial charge in [-0.2, -0.15) is 5.10 Å². The second-order valence-electron chi connectivity index (χ2n) is 4.45. The van der Waals surface area contributed by atoms with Gasteiger partial charge in [0.05, 0.1) is 16.1 Å². The number of aryl methyl sites for hydroxylation is 2. The Morgan fingerprint density at radius 1 is 1.40 bits per heavy atom. The molecule has 0 atom stereocenters. The molecule has 3 rings (SSSR count). The van der Waals surface area contributed by atoms with Gasteiger partial charge in [-0.25, -0.2) is 15.8 Å². The molecule has 3 aromatic heterocycles. The number of hydrogen-bond acceptors (Lipinski definition) is 6. The fraction of sp³-hybridized carbons (Fsp3) is 0.250. The Morgan fingerprint density at radius 2 is 2.20 bits per heavy atom. The molecule has 6 nitrogen and oxygen atoms in total. The van der Waals surface area contributed by atoms with Crippen LogP contribution >= 0.6 is 27.3 Å². The summed E-state index contributed by atoms with van der Waals surface area (Å²) in [6.45, 7) is 4.64. The van der Waals surface area contributed by atoms with E-state index in [0.717, 1.165) is 14.7 Å². The summed E-state index contributed by atoms with van der Waals surface area (Å²) in [7, 11) is 0. The van der Waals surface area contributed by atoms with Crippen molar-refractivity contribution in [2.75, 3.05) is 5.43 Å². The van der Waals surface area contributed by atoms with Crippen LogP contribution in [0.15, 0.2) is 16.9 Å². The van der Waals surface area contributed by atoms with Crippen molar-refractivity contribution in [3.63, 3.8) is 0 Å². The summed E-state index contributed by atoms with van der Waals surface area (Å²) < 4.78 is 2.71. The highest BCUT2D eigenvalue weighted by Crippen LogP contribution is 2.32. The largest absolute Gasteiger partial charge is 0.308 e. The van der Waals surface area contributed by atoms with Crippen LogP contribution in [0.2, 0.25) is 0 Å². The summed E-state index contributed by atoms with van der Waals surface area (Å²) >= 11 is 5.02. The molecule has 0 spiro atoms. The smallest absolute Gasteiger partial charge is 0.153 e. The quantitative estimate of drug-likeness (QED) is 0.559. The number of hydrogen-bond donors (Lipinski definition) is 2. The Hall–Kier alpha value is -1.51. The number of nitrogens with one attached hydrogen (secondary N) is 1. The lowest BCUT2D eigenvalue weighted by Gasteiger charge is -2.06. The fourth-order valence-electron chi connectivity index (χ4n) is 2.04. The molecule has 0 aliphatic carbocycles. The third kappa shape index (κ3) is 2.30. The number of rotatable bonds is 3. The molecule has 0 fully saturated rings. The predicted molar refractivity (Wildman–Crippen MR) is 83.7 cm³/mol. The molecule has 0 aliphatic heterocycles. The fourth-order valence-corrected chi connectivity index (χ4v) is 3.41. The van der Waals surface area contributed by atoms with Crippen molar-refractivity contribution >= 4 is 43.3 Å². The summed E-state index contributed by atoms with van der Waals surface area (Å²) in [5.74, 6) is 6.94. The van der Waals surface area contributed by atoms with Gasteiger partial charge in [0, 0.05) is 11.1 Å². The molecular formula is C12H13BrN6S. The van der Waals surface area contributed by atoms with E-state index in [1.165, 1.54) is 10.4 Å². The number of hydrazine groups is 1. The number of fused-ring (bicyclic) bond motifs is 1. The minimum absolute atomic E-state index is 0.506. The van der Waals surface area contributed by atoms with Crippen molar-refractivity contribution < 1.29 is 0 Å². The van der Waals surface area contributed by atoms with Crippen LogP contribution in [0.4, 0.5) is 5.82 Å². The molecule has 0 amide bonds. The van der Waals surface area contributed by atoms with E-state index in [1.54, 1.807) is 22.2 Å². The molecular weight excluding hydrogens is 340 g/mol. The molecule has 0 bridgehead atoms. The monoisotopic (exact) mass is 352 g/mol. The van der Waals surface area contributed by atoms with Gasteiger partial charge in [-0.3, -0.25) is 4.68 Å². The molecule has 20 heavy (non-hydrogen) atoms. The van der Waals surface area contributed by atoms with Crippen LogP contribution in [0, 0.1) is 13.8 Å². The van der Waals surface area contributed by atoms with E-state index in [2.05, 4.69) is 50.3 Å². The first kappa shape index (κ1) is 13.5. The van der Waals surface area contributed by atoms with Gasteiger partial charge in [-0.15, -0.1) is 11.3 Å². The summed E-state index contributed by atoms with van der Waals surface area (Å²) in [4.78, 5) is 11.3. The van der Waals surface area contributed by atoms with E-state index in [9.17, 15) is 0 Å². The van der Waals surface area contributed by atoms with Crippen LogP contribution in [-0.4, -0.2) is 19.7 Å². The second-order valence-corrected chi connectivity index (χ2v) is 6.57. The highest BCUT2D eigenvalue weighted by atomic mass is 79.9. The Bertz CT molecular complexity index is 778. The minimum Gasteiger partial charge on any atom is -0.308 e. The number of nitrogens with two attached hydrogens (primary N) is 1. The SMILES string of the molecule is Cc1sc2nc(Cn3cc(Br)cn3)nc(NN)c2c1C. The summed E-state index contributed by atoms with van der Waals surface area (Å²) in [5.41, 5.74) is 3.84. The molecule has 0 saturated carbocycles. The van der Waals surface area contributed by atoms with Crippen LogP contribution in [-0.2, 0) is 6.54 Å². The zero-order valence-electron chi connectivity index (χ0n) is 11.0. The number of nitrogens with zero attached hydrogens (tertiary/aromatic N) is 4. The molecule has 0 aliphatic rings. The van der Waals surface area contributed by atoms with Crippen LogP contribution in [0.25, 0.3) is 10.2 Å². The first-order chi connectivity index (χ1) is 9.58. The van der Waals surface area contributed by atoms with Crippen LogP contribution in [0.5, 0.6) is 0 Å². The maximum absolute atomic E-state index is 5.59. The van der Waals surface area contributed by atoms with Gasteiger partial charge in [0.2, 0.25) is 0 Å². The molecule has 0 radical (unpaired) electrons. The van der Waals surface area contributed by atoms with E-state index < -0.39 is 0 Å². The Morgan fingerprint density at radius 3 is 2.85 bits per heavy atom. The van der Waals surface area contributed by atoms with Crippen molar-refractivity contribution in [1.82, 2.24) is 19.7 Å². The van der Waals surface area contributed by atoms with E-state index in [-0.39, 0.29) is 0 Å². The maximum Gasteiger partial charge on any atom is 0.153 e. The van der Waals surface area contributed by atoms with E-state index in [1.807, 2.05) is 6.20 Å². The van der Waals surface area contributed by atoms with E-state index in [0.29, 0.717) is 18.2 Å². The third-order valence-corrected chi connectivity index (χ3v) is 4.63. The molecule has 3 heterocycles. The van der Waals surface area contributed by atoms with Gasteiger partial charge in [-0.1, -0.05) is 0 Å². The first-order valence-corrected chi connectivity index (χ1v) is 7.60. The normalized spacial score (nSPS) is 11.2. The van der Waals surface area contributed by atoms with Crippen molar-refractivity contribution in [3.05, 3.63) is 33.1 Å². The second kappa shape index (κ2) is 5.12. The zero-order chi connectivity index (χ0) is 14.3. The Balaban J connectivity index is 2.08. The molecule has 0 aromatic carbocycles. The van der Waals surface area contributed by atoms with Crippen LogP contribution < -0.4 is 11.3 Å². The molecule has 0 saturated heterocycles. The standard InChI is InChI=1S/C12H13BrN6S/c1-6-7(2)20-12-10(6)11(18-14)16-9(17-12)5-19-4-8(13)3-15-19/h3-4H,5,14H2,1-2H3,(H,16,17,18). The molecule has 8 heteroatoms. The topological polar surface area (TPSA) is 81.7 Å². The number of anilines is 1. The van der Waals surface area contributed by atoms with E-state index >= 15 is 0 Å². The lowest BCUT2D eigenvalue weighted by atomic mass is 10.2. The highest BCUT2D eigenvalue weighted by molar-refractivity contribution is 9.10. The molecule has 0 unspecified atom stereocenters. The van der Waals surface area contributed by atoms with Crippen LogP contribution in [0.1, 0.15) is 16.3 Å². The summed E-state index contributed by atoms with van der Waals surface area (Å²) in [5, 5.41) is 5.21. The van der Waals surface area contributed by atoms with Crippen molar-refractivity contribution in [2.45, 2.75) is 20.4 Å². The molecule has 3 aromatic rings. The highest BCUT2D eigenvalue weighted by Gasteiger charge is 2.14. The van der Waals surface area contributed by atoms with Crippen LogP contribution in [0.3, 0.4) is 0 Å². The van der Waals surface area contributed by atoms with Gasteiger partial charge in [-0.05, 0) is 35.3 Å². The molecule has 3 N–H and O–H groups in total. The number of nitrogen functional groups attached to an aromatic ring is 1. The van der Waals surface area contributed by atoms with Gasteiger partial charge in [0.1, 0.15) is 11.4 Å². The average Bonchev–Trinajstić information content (AvgIpc) is 2.94. The van der Waals surface area contributed by atoms with Gasteiger partial charge < -0.3 is 5.43 Å². The van der Waals surface area contributed by atoms with Gasteiger partial charge >= 0.3 is 0 Å². The van der Waals surface area contributed by atoms with Crippen molar-refractivity contribution in [2.24, 2.45) is 5.84 Å². The lowest BCUT2D eigenvalue weighted by molar-refractivity contribution is 0.658. The number of thiophene rings is 1. The first-order valence-electron chi connectivity index (χ1n) is 5.99. The van der Waals surface area contributed by atoms with Gasteiger partial charge in [0.25, 0.3) is 0 Å². The Kier molecular flexibility index (Phi) is 3.45. The van der Waals surface area contributed by atoms with Crippen molar-refractivity contribution in [1.29, 1.82) is 0 Å². The number of aromatic nitrogens is 4. The maximum atomic E-state index is 5.59. The zero-order valence-corrected chi connectivity index (χ0v) is 13.4. The predicted octanol–water partition coefficient (Wildman–Crippen LogP) is 2.60. The van der Waals surface area contributed by atoms with Gasteiger partial charge in [0.15, 0.2) is 11.6 Å². The minimum atomic E-state index is 0.506. The lowest BCUT2D eigenvalue weighted by Crippen LogP contribution is -2.12.